The van der Waals surface area contributed by atoms with E-state index in [0.29, 0.717) is 42.2 Å². The Balaban J connectivity index is 1.90. The van der Waals surface area contributed by atoms with Gasteiger partial charge >= 0.3 is 0 Å². The third kappa shape index (κ3) is 4.49. The Kier molecular flexibility index (Phi) is 5.43. The Hall–Kier alpha value is -1.07. The van der Waals surface area contributed by atoms with Crippen LogP contribution in [0.4, 0.5) is 5.69 Å². The molecule has 0 radical (unpaired) electrons. The van der Waals surface area contributed by atoms with E-state index in [-0.39, 0.29) is 5.56 Å². The van der Waals surface area contributed by atoms with Gasteiger partial charge in [-0.05, 0) is 24.7 Å². The molecule has 1 aromatic heterocycles. The van der Waals surface area contributed by atoms with Crippen LogP contribution in [0.15, 0.2) is 11.0 Å². The molecule has 2 rings (SSSR count). The maximum atomic E-state index is 12.2. The summed E-state index contributed by atoms with van der Waals surface area (Å²) in [7, 11) is 0. The van der Waals surface area contributed by atoms with Crippen molar-refractivity contribution in [3.05, 3.63) is 21.6 Å². The Labute approximate surface area is 124 Å². The van der Waals surface area contributed by atoms with Crippen molar-refractivity contribution in [1.82, 2.24) is 9.78 Å². The molecule has 1 N–H and O–H groups in total. The highest BCUT2D eigenvalue weighted by Crippen LogP contribution is 2.30. The second-order valence-electron chi connectivity index (χ2n) is 5.69. The monoisotopic (exact) mass is 299 g/mol. The average Bonchev–Trinajstić information content (AvgIpc) is 3.20. The van der Waals surface area contributed by atoms with Gasteiger partial charge in [0.15, 0.2) is 0 Å². The largest absolute Gasteiger partial charge is 0.379 e. The molecule has 0 unspecified atom stereocenters. The van der Waals surface area contributed by atoms with Gasteiger partial charge in [0.05, 0.1) is 17.8 Å². The summed E-state index contributed by atoms with van der Waals surface area (Å²) in [4.78, 5) is 12.2. The molecule has 1 saturated carbocycles. The Bertz CT molecular complexity index is 498. The molecule has 0 spiro atoms. The lowest BCUT2D eigenvalue weighted by atomic mass is 10.2. The molecule has 6 heteroatoms. The van der Waals surface area contributed by atoms with Gasteiger partial charge in [-0.1, -0.05) is 25.4 Å². The van der Waals surface area contributed by atoms with Crippen molar-refractivity contribution < 1.29 is 4.74 Å². The molecule has 1 heterocycles. The van der Waals surface area contributed by atoms with E-state index in [4.69, 9.17) is 16.3 Å². The molecule has 20 heavy (non-hydrogen) atoms. The van der Waals surface area contributed by atoms with Crippen molar-refractivity contribution >= 4 is 17.3 Å². The molecule has 0 amide bonds. The van der Waals surface area contributed by atoms with E-state index >= 15 is 0 Å². The zero-order valence-electron chi connectivity index (χ0n) is 12.1. The molecule has 0 aromatic carbocycles. The van der Waals surface area contributed by atoms with Crippen LogP contribution >= 0.6 is 11.6 Å². The lowest BCUT2D eigenvalue weighted by Crippen LogP contribution is -2.27. The van der Waals surface area contributed by atoms with Crippen LogP contribution in [-0.4, -0.2) is 29.5 Å². The summed E-state index contributed by atoms with van der Waals surface area (Å²) < 4.78 is 6.97. The maximum Gasteiger partial charge on any atom is 0.291 e. The van der Waals surface area contributed by atoms with Crippen LogP contribution in [0, 0.1) is 11.8 Å². The number of halogens is 1. The number of nitrogens with one attached hydrogen (secondary N) is 1. The third-order valence-corrected chi connectivity index (χ3v) is 3.41. The van der Waals surface area contributed by atoms with E-state index in [2.05, 4.69) is 24.3 Å². The first-order chi connectivity index (χ1) is 9.58. The van der Waals surface area contributed by atoms with Crippen LogP contribution < -0.4 is 10.9 Å². The highest BCUT2D eigenvalue weighted by molar-refractivity contribution is 6.32. The van der Waals surface area contributed by atoms with Crippen LogP contribution in [0.2, 0.25) is 5.02 Å². The quantitative estimate of drug-likeness (QED) is 0.749. The van der Waals surface area contributed by atoms with E-state index in [1.54, 1.807) is 0 Å². The number of rotatable bonds is 8. The Morgan fingerprint density at radius 3 is 2.95 bits per heavy atom. The summed E-state index contributed by atoms with van der Waals surface area (Å²) in [5, 5.41) is 7.51. The molecule has 0 atom stereocenters. The van der Waals surface area contributed by atoms with Gasteiger partial charge in [-0.25, -0.2) is 4.68 Å². The first-order valence-corrected chi connectivity index (χ1v) is 7.53. The van der Waals surface area contributed by atoms with Gasteiger partial charge in [0.1, 0.15) is 5.69 Å². The van der Waals surface area contributed by atoms with E-state index in [9.17, 15) is 4.79 Å². The van der Waals surface area contributed by atoms with Crippen molar-refractivity contribution in [3.63, 3.8) is 0 Å². The summed E-state index contributed by atoms with van der Waals surface area (Å²) >= 11 is 6.04. The number of hydrogen-bond donors (Lipinski definition) is 1. The zero-order valence-corrected chi connectivity index (χ0v) is 12.8. The van der Waals surface area contributed by atoms with Gasteiger partial charge in [-0.2, -0.15) is 5.10 Å². The highest BCUT2D eigenvalue weighted by Gasteiger charge is 2.23. The molecular weight excluding hydrogens is 278 g/mol. The standard InChI is InChI=1S/C14H22ClN3O2/c1-10(2)9-20-6-5-16-13-12(15)7-17-18(14(13)19)8-11-3-4-11/h7,10-11,16H,3-6,8-9H2,1-2H3. The van der Waals surface area contributed by atoms with Gasteiger partial charge in [0.25, 0.3) is 5.56 Å². The fourth-order valence-corrected chi connectivity index (χ4v) is 2.06. The third-order valence-electron chi connectivity index (χ3n) is 3.13. The van der Waals surface area contributed by atoms with Gasteiger partial charge in [0, 0.05) is 19.7 Å². The summed E-state index contributed by atoms with van der Waals surface area (Å²) in [6.45, 7) is 6.73. The molecular formula is C14H22ClN3O2. The molecule has 0 bridgehead atoms. The smallest absolute Gasteiger partial charge is 0.291 e. The van der Waals surface area contributed by atoms with Crippen LogP contribution in [0.3, 0.4) is 0 Å². The zero-order chi connectivity index (χ0) is 14.5. The van der Waals surface area contributed by atoms with E-state index in [1.807, 2.05) is 0 Å². The normalized spacial score (nSPS) is 14.8. The SMILES string of the molecule is CC(C)COCCNc1c(Cl)cnn(CC2CC2)c1=O. The summed E-state index contributed by atoms with van der Waals surface area (Å²) in [5.41, 5.74) is 0.281. The minimum absolute atomic E-state index is 0.145. The number of anilines is 1. The topological polar surface area (TPSA) is 56.1 Å². The fraction of sp³-hybridized carbons (Fsp3) is 0.714. The molecule has 112 valence electrons. The summed E-state index contributed by atoms with van der Waals surface area (Å²) in [6.07, 6.45) is 3.90. The number of nitrogens with zero attached hydrogens (tertiary/aromatic N) is 2. The predicted octanol–water partition coefficient (Wildman–Crippen LogP) is 2.39. The van der Waals surface area contributed by atoms with Crippen molar-refractivity contribution in [2.24, 2.45) is 11.8 Å². The number of hydrogen-bond acceptors (Lipinski definition) is 4. The van der Waals surface area contributed by atoms with Crippen LogP contribution in [-0.2, 0) is 11.3 Å². The van der Waals surface area contributed by atoms with Gasteiger partial charge < -0.3 is 10.1 Å². The first kappa shape index (κ1) is 15.3. The van der Waals surface area contributed by atoms with E-state index in [0.717, 1.165) is 6.61 Å². The van der Waals surface area contributed by atoms with Gasteiger partial charge in [-0.3, -0.25) is 4.79 Å². The second kappa shape index (κ2) is 7.09. The van der Waals surface area contributed by atoms with Crippen molar-refractivity contribution in [3.8, 4) is 0 Å². The Morgan fingerprint density at radius 1 is 1.55 bits per heavy atom. The number of ether oxygens (including phenoxy) is 1. The lowest BCUT2D eigenvalue weighted by Gasteiger charge is -2.11. The minimum atomic E-state index is -0.145. The van der Waals surface area contributed by atoms with Crippen LogP contribution in [0.25, 0.3) is 0 Å². The molecule has 1 aromatic rings. The molecule has 5 nitrogen and oxygen atoms in total. The highest BCUT2D eigenvalue weighted by atomic mass is 35.5. The van der Waals surface area contributed by atoms with Crippen LogP contribution in [0.1, 0.15) is 26.7 Å². The molecule has 0 saturated heterocycles. The Morgan fingerprint density at radius 2 is 2.30 bits per heavy atom. The molecule has 1 aliphatic rings. The number of aromatic nitrogens is 2. The predicted molar refractivity (Wildman–Crippen MR) is 80.4 cm³/mol. The van der Waals surface area contributed by atoms with Crippen molar-refractivity contribution in [2.45, 2.75) is 33.2 Å². The maximum absolute atomic E-state index is 12.2. The molecule has 1 aliphatic carbocycles. The van der Waals surface area contributed by atoms with E-state index in [1.165, 1.54) is 23.7 Å². The fourth-order valence-electron chi connectivity index (χ4n) is 1.87. The van der Waals surface area contributed by atoms with Gasteiger partial charge in [-0.15, -0.1) is 0 Å². The first-order valence-electron chi connectivity index (χ1n) is 7.15. The molecule has 0 aliphatic heterocycles. The van der Waals surface area contributed by atoms with Crippen LogP contribution in [0.5, 0.6) is 0 Å². The summed E-state index contributed by atoms with van der Waals surface area (Å²) in [6, 6.07) is 0. The van der Waals surface area contributed by atoms with Crippen molar-refractivity contribution in [1.29, 1.82) is 0 Å². The molecule has 1 fully saturated rings. The van der Waals surface area contributed by atoms with Crippen molar-refractivity contribution in [2.75, 3.05) is 25.1 Å². The van der Waals surface area contributed by atoms with E-state index < -0.39 is 0 Å². The second-order valence-corrected chi connectivity index (χ2v) is 6.10. The lowest BCUT2D eigenvalue weighted by molar-refractivity contribution is 0.118. The average molecular weight is 300 g/mol. The minimum Gasteiger partial charge on any atom is -0.379 e. The van der Waals surface area contributed by atoms with Gasteiger partial charge in [0.2, 0.25) is 0 Å². The summed E-state index contributed by atoms with van der Waals surface area (Å²) in [5.74, 6) is 1.11.